The zero-order valence-corrected chi connectivity index (χ0v) is 13.4. The first-order chi connectivity index (χ1) is 9.50. The highest BCUT2D eigenvalue weighted by molar-refractivity contribution is 9.10. The Kier molecular flexibility index (Phi) is 4.97. The van der Waals surface area contributed by atoms with Crippen molar-refractivity contribution in [3.8, 4) is 0 Å². The number of nitrogen functional groups attached to an aromatic ring is 1. The van der Waals surface area contributed by atoms with E-state index in [0.29, 0.717) is 17.6 Å². The molecular weight excluding hydrogens is 348 g/mol. The van der Waals surface area contributed by atoms with Crippen molar-refractivity contribution < 1.29 is 13.2 Å². The molecule has 1 aliphatic rings. The van der Waals surface area contributed by atoms with Gasteiger partial charge in [-0.25, -0.2) is 19.2 Å². The molecule has 0 atom stereocenters. The molecule has 0 spiro atoms. The third-order valence-electron chi connectivity index (χ3n) is 3.01. The number of nitrogens with two attached hydrogens (primary N) is 1. The minimum Gasteiger partial charge on any atom is -0.383 e. The Hall–Kier alpha value is -0.740. The molecule has 1 saturated carbocycles. The van der Waals surface area contributed by atoms with Gasteiger partial charge in [-0.1, -0.05) is 0 Å². The van der Waals surface area contributed by atoms with E-state index in [1.54, 1.807) is 7.11 Å². The van der Waals surface area contributed by atoms with Crippen LogP contribution in [-0.4, -0.2) is 44.0 Å². The molecule has 0 saturated heterocycles. The molecule has 0 radical (unpaired) electrons. The Morgan fingerprint density at radius 1 is 1.60 bits per heavy atom. The summed E-state index contributed by atoms with van der Waals surface area (Å²) in [5, 5.41) is 0. The van der Waals surface area contributed by atoms with E-state index in [4.69, 9.17) is 10.6 Å². The second-order valence-electron chi connectivity index (χ2n) is 4.48. The summed E-state index contributed by atoms with van der Waals surface area (Å²) in [6, 6.07) is 1.54. The van der Waals surface area contributed by atoms with E-state index in [2.05, 4.69) is 26.3 Å². The van der Waals surface area contributed by atoms with E-state index >= 15 is 0 Å². The first-order valence-corrected chi connectivity index (χ1v) is 8.37. The molecule has 112 valence electrons. The van der Waals surface area contributed by atoms with Crippen LogP contribution in [0.15, 0.2) is 21.6 Å². The lowest BCUT2D eigenvalue weighted by Gasteiger charge is -2.22. The summed E-state index contributed by atoms with van der Waals surface area (Å²) in [5.74, 6) is 5.49. The monoisotopic (exact) mass is 364 g/mol. The highest BCUT2D eigenvalue weighted by Gasteiger charge is 2.39. The second-order valence-corrected chi connectivity index (χ2v) is 7.26. The molecule has 0 unspecified atom stereocenters. The van der Waals surface area contributed by atoms with Crippen molar-refractivity contribution in [2.45, 2.75) is 23.8 Å². The van der Waals surface area contributed by atoms with Crippen LogP contribution in [0, 0.1) is 0 Å². The molecule has 3 N–H and O–H groups in total. The van der Waals surface area contributed by atoms with E-state index in [-0.39, 0.29) is 16.8 Å². The topological polar surface area (TPSA) is 97.5 Å². The highest BCUT2D eigenvalue weighted by atomic mass is 79.9. The van der Waals surface area contributed by atoms with E-state index in [9.17, 15) is 8.42 Å². The van der Waals surface area contributed by atoms with Crippen molar-refractivity contribution in [1.82, 2.24) is 9.29 Å². The molecule has 0 bridgehead atoms. The zero-order valence-electron chi connectivity index (χ0n) is 11.0. The fourth-order valence-electron chi connectivity index (χ4n) is 1.89. The van der Waals surface area contributed by atoms with Gasteiger partial charge in [0.05, 0.1) is 6.61 Å². The summed E-state index contributed by atoms with van der Waals surface area (Å²) in [6.45, 7) is 0.669. The number of sulfonamides is 1. The normalized spacial score (nSPS) is 15.6. The molecule has 20 heavy (non-hydrogen) atoms. The van der Waals surface area contributed by atoms with Crippen LogP contribution >= 0.6 is 15.9 Å². The van der Waals surface area contributed by atoms with Gasteiger partial charge in [-0.15, -0.1) is 0 Å². The van der Waals surface area contributed by atoms with Gasteiger partial charge in [0.2, 0.25) is 10.0 Å². The minimum absolute atomic E-state index is 0.0414. The van der Waals surface area contributed by atoms with Crippen molar-refractivity contribution in [1.29, 1.82) is 0 Å². The number of nitrogens with zero attached hydrogens (tertiary/aromatic N) is 2. The Balaban J connectivity index is 2.39. The predicted molar refractivity (Wildman–Crippen MR) is 78.5 cm³/mol. The molecule has 7 nitrogen and oxygen atoms in total. The van der Waals surface area contributed by atoms with Gasteiger partial charge in [0, 0.05) is 30.4 Å². The van der Waals surface area contributed by atoms with E-state index < -0.39 is 10.0 Å². The third-order valence-corrected chi connectivity index (χ3v) is 5.41. The van der Waals surface area contributed by atoms with Gasteiger partial charge >= 0.3 is 0 Å². The number of hydrazine groups is 1. The van der Waals surface area contributed by atoms with Crippen molar-refractivity contribution >= 4 is 31.8 Å². The fraction of sp³-hybridized carbons (Fsp3) is 0.545. The highest BCUT2D eigenvalue weighted by Crippen LogP contribution is 2.34. The molecule has 0 amide bonds. The Morgan fingerprint density at radius 2 is 2.30 bits per heavy atom. The number of pyridine rings is 1. The van der Waals surface area contributed by atoms with Crippen LogP contribution < -0.4 is 11.3 Å². The molecule has 2 rings (SSSR count). The van der Waals surface area contributed by atoms with Gasteiger partial charge in [0.25, 0.3) is 0 Å². The van der Waals surface area contributed by atoms with Crippen LogP contribution in [0.3, 0.4) is 0 Å². The summed E-state index contributed by atoms with van der Waals surface area (Å²) in [7, 11) is -2.11. The largest absolute Gasteiger partial charge is 0.383 e. The molecule has 1 heterocycles. The Labute approximate surface area is 126 Å². The number of ether oxygens (including phenoxy) is 1. The van der Waals surface area contributed by atoms with Crippen LogP contribution in [0.5, 0.6) is 0 Å². The summed E-state index contributed by atoms with van der Waals surface area (Å²) >= 11 is 3.23. The fourth-order valence-corrected chi connectivity index (χ4v) is 4.18. The zero-order chi connectivity index (χ0) is 14.8. The average molecular weight is 365 g/mol. The Morgan fingerprint density at radius 3 is 2.85 bits per heavy atom. The van der Waals surface area contributed by atoms with Gasteiger partial charge < -0.3 is 10.2 Å². The number of nitrogens with one attached hydrogen (secondary N) is 1. The van der Waals surface area contributed by atoms with Crippen molar-refractivity contribution in [2.24, 2.45) is 5.84 Å². The van der Waals surface area contributed by atoms with Crippen molar-refractivity contribution in [3.05, 3.63) is 16.7 Å². The number of halogens is 1. The molecule has 0 aliphatic heterocycles. The minimum atomic E-state index is -3.66. The van der Waals surface area contributed by atoms with Crippen molar-refractivity contribution in [2.75, 3.05) is 25.7 Å². The first-order valence-electron chi connectivity index (χ1n) is 6.13. The number of hydrogen-bond donors (Lipinski definition) is 2. The van der Waals surface area contributed by atoms with Crippen LogP contribution in [0.2, 0.25) is 0 Å². The van der Waals surface area contributed by atoms with Gasteiger partial charge in [0.1, 0.15) is 4.90 Å². The van der Waals surface area contributed by atoms with E-state index in [1.165, 1.54) is 16.6 Å². The smallest absolute Gasteiger partial charge is 0.247 e. The summed E-state index contributed by atoms with van der Waals surface area (Å²) in [4.78, 5) is 4.05. The lowest BCUT2D eigenvalue weighted by Crippen LogP contribution is -2.36. The lowest BCUT2D eigenvalue weighted by atomic mass is 10.5. The van der Waals surface area contributed by atoms with Gasteiger partial charge in [-0.3, -0.25) is 0 Å². The first kappa shape index (κ1) is 15.6. The summed E-state index contributed by atoms with van der Waals surface area (Å²) in [6.07, 6.45) is 3.23. The van der Waals surface area contributed by atoms with Crippen LogP contribution in [0.4, 0.5) is 5.82 Å². The molecular formula is C11H17BrN4O3S. The summed E-state index contributed by atoms with van der Waals surface area (Å²) < 4.78 is 32.6. The molecule has 9 heteroatoms. The number of methoxy groups -OCH3 is 1. The number of rotatable bonds is 7. The maximum atomic E-state index is 12.8. The SMILES string of the molecule is COCCN(C1CC1)S(=O)(=O)c1cc(Br)cnc1NN. The van der Waals surface area contributed by atoms with Crippen LogP contribution in [-0.2, 0) is 14.8 Å². The molecule has 1 fully saturated rings. The number of hydrogen-bond acceptors (Lipinski definition) is 6. The maximum absolute atomic E-state index is 12.8. The molecule has 1 aromatic rings. The Bertz CT molecular complexity index is 577. The lowest BCUT2D eigenvalue weighted by molar-refractivity contribution is 0.177. The molecule has 1 aliphatic carbocycles. The average Bonchev–Trinajstić information content (AvgIpc) is 3.23. The predicted octanol–water partition coefficient (Wildman–Crippen LogP) is 0.929. The van der Waals surface area contributed by atoms with E-state index in [1.807, 2.05) is 0 Å². The van der Waals surface area contributed by atoms with E-state index in [0.717, 1.165) is 12.8 Å². The third kappa shape index (κ3) is 3.29. The van der Waals surface area contributed by atoms with Crippen LogP contribution in [0.25, 0.3) is 0 Å². The number of anilines is 1. The maximum Gasteiger partial charge on any atom is 0.247 e. The second kappa shape index (κ2) is 6.35. The summed E-state index contributed by atoms with van der Waals surface area (Å²) in [5.41, 5.74) is 2.33. The standard InChI is InChI=1S/C11H17BrN4O3S/c1-19-5-4-16(9-2-3-9)20(17,18)10-6-8(12)7-14-11(10)15-13/h6-7,9H,2-5,13H2,1H3,(H,14,15). The van der Waals surface area contributed by atoms with Crippen LogP contribution in [0.1, 0.15) is 12.8 Å². The van der Waals surface area contributed by atoms with Crippen molar-refractivity contribution in [3.63, 3.8) is 0 Å². The molecule has 1 aromatic heterocycles. The number of aromatic nitrogens is 1. The molecule has 0 aromatic carbocycles. The van der Waals surface area contributed by atoms with Gasteiger partial charge in [0.15, 0.2) is 5.82 Å². The van der Waals surface area contributed by atoms with Gasteiger partial charge in [-0.05, 0) is 34.8 Å². The van der Waals surface area contributed by atoms with Gasteiger partial charge in [-0.2, -0.15) is 4.31 Å². The quantitative estimate of drug-likeness (QED) is 0.551.